The second kappa shape index (κ2) is 6.62. The van der Waals surface area contributed by atoms with Crippen LogP contribution < -0.4 is 11.1 Å². The summed E-state index contributed by atoms with van der Waals surface area (Å²) in [5, 5.41) is 3.91. The van der Waals surface area contributed by atoms with Gasteiger partial charge < -0.3 is 11.1 Å². The Morgan fingerprint density at radius 3 is 2.78 bits per heavy atom. The number of nitrogens with zero attached hydrogens (tertiary/aromatic N) is 3. The number of amides is 3. The molecule has 2 bridgehead atoms. The van der Waals surface area contributed by atoms with Crippen molar-refractivity contribution < 1.29 is 36.3 Å². The quantitative estimate of drug-likeness (QED) is 0.347. The molecule has 4 aliphatic heterocycles. The average Bonchev–Trinajstić information content (AvgIpc) is 3.08. The zero-order valence-corrected chi connectivity index (χ0v) is 15.5. The largest absolute Gasteiger partial charge is 0.477 e. The Morgan fingerprint density at radius 2 is 2.07 bits per heavy atom. The van der Waals surface area contributed by atoms with Crippen molar-refractivity contribution in [1.82, 2.24) is 15.3 Å². The van der Waals surface area contributed by atoms with Gasteiger partial charge in [0.2, 0.25) is 6.04 Å². The van der Waals surface area contributed by atoms with Crippen molar-refractivity contribution in [3.63, 3.8) is 0 Å². The Morgan fingerprint density at radius 1 is 1.30 bits per heavy atom. The topological polar surface area (TPSA) is 151 Å². The van der Waals surface area contributed by atoms with Crippen LogP contribution in [0.1, 0.15) is 19.3 Å². The number of quaternary nitrogens is 1. The Kier molecular flexibility index (Phi) is 4.65. The number of hydrogen-bond acceptors (Lipinski definition) is 8. The molecule has 152 valence electrons. The Balaban J connectivity index is 1.63. The van der Waals surface area contributed by atoms with E-state index in [4.69, 9.17) is 15.1 Å². The van der Waals surface area contributed by atoms with E-state index in [9.17, 15) is 18.0 Å². The van der Waals surface area contributed by atoms with E-state index in [-0.39, 0.29) is 25.1 Å². The SMILES string of the molecule is NC(=O)[C@@H]1CC[C@@H]2C[N+]1(OC1CCN3CCNCC13)C(=O)N2OS(=O)(=O)O. The molecular weight excluding hydrogens is 382 g/mol. The number of nitrogens with two attached hydrogens (primary N) is 1. The van der Waals surface area contributed by atoms with Gasteiger partial charge in [-0.3, -0.25) is 14.2 Å². The second-order valence-corrected chi connectivity index (χ2v) is 8.48. The summed E-state index contributed by atoms with van der Waals surface area (Å²) < 4.78 is 35.1. The third kappa shape index (κ3) is 3.22. The van der Waals surface area contributed by atoms with Gasteiger partial charge >= 0.3 is 16.4 Å². The van der Waals surface area contributed by atoms with Gasteiger partial charge in [0.05, 0.1) is 6.04 Å². The van der Waals surface area contributed by atoms with Gasteiger partial charge in [-0.25, -0.2) is 4.79 Å². The fraction of sp³-hybridized carbons (Fsp3) is 0.857. The van der Waals surface area contributed by atoms with E-state index < -0.39 is 39.1 Å². The maximum Gasteiger partial charge on any atom is 0.477 e. The first-order valence-electron chi connectivity index (χ1n) is 9.02. The highest BCUT2D eigenvalue weighted by atomic mass is 32.3. The smallest absolute Gasteiger partial charge is 0.364 e. The standard InChI is InChI=1S/C14H23N5O7S/c15-13(20)11-2-1-9-8-19(11,14(21)18(9)26-27(22,23)24)25-12-3-5-17-6-4-16-7-10(12)17/h9-12,16H,1-8H2,(H2-,15,20,22,23,24)/p+1/t9-,10?,11+,12?,19?/m1/s1. The Bertz CT molecular complexity index is 748. The molecule has 4 aliphatic rings. The van der Waals surface area contributed by atoms with E-state index in [2.05, 4.69) is 14.5 Å². The van der Waals surface area contributed by atoms with Gasteiger partial charge in [-0.05, 0) is 12.8 Å². The highest BCUT2D eigenvalue weighted by Gasteiger charge is 2.67. The van der Waals surface area contributed by atoms with Crippen LogP contribution in [0.25, 0.3) is 0 Å². The molecule has 3 unspecified atom stereocenters. The molecular formula is C14H24N5O7S+. The van der Waals surface area contributed by atoms with Gasteiger partial charge in [0.1, 0.15) is 18.7 Å². The highest BCUT2D eigenvalue weighted by molar-refractivity contribution is 7.80. The predicted octanol–water partition coefficient (Wildman–Crippen LogP) is -2.03. The lowest BCUT2D eigenvalue weighted by atomic mass is 10.00. The molecule has 0 aromatic rings. The number of urea groups is 1. The third-order valence-corrected chi connectivity index (χ3v) is 6.31. The summed E-state index contributed by atoms with van der Waals surface area (Å²) in [6.07, 6.45) is 0.957. The van der Waals surface area contributed by atoms with Crippen LogP contribution in [0, 0.1) is 0 Å². The molecule has 0 aliphatic carbocycles. The molecule has 3 amide bonds. The monoisotopic (exact) mass is 406 g/mol. The molecule has 4 N–H and O–H groups in total. The molecule has 13 heteroatoms. The molecule has 4 saturated heterocycles. The maximum atomic E-state index is 13.1. The van der Waals surface area contributed by atoms with Gasteiger partial charge in [-0.15, -0.1) is 9.35 Å². The minimum atomic E-state index is -4.88. The van der Waals surface area contributed by atoms with Crippen LogP contribution in [0.2, 0.25) is 0 Å². The van der Waals surface area contributed by atoms with Crippen LogP contribution in [0.3, 0.4) is 0 Å². The maximum absolute atomic E-state index is 13.1. The first-order chi connectivity index (χ1) is 12.7. The van der Waals surface area contributed by atoms with Crippen LogP contribution in [0.4, 0.5) is 4.79 Å². The summed E-state index contributed by atoms with van der Waals surface area (Å²) in [6.45, 7) is 3.32. The molecule has 4 rings (SSSR count). The number of piperidine rings is 1. The number of hydrogen-bond donors (Lipinski definition) is 3. The first-order valence-corrected chi connectivity index (χ1v) is 10.4. The lowest BCUT2D eigenvalue weighted by Gasteiger charge is -2.39. The van der Waals surface area contributed by atoms with E-state index in [0.717, 1.165) is 19.6 Å². The lowest BCUT2D eigenvalue weighted by molar-refractivity contribution is -1.06. The van der Waals surface area contributed by atoms with Crippen molar-refractivity contribution in [2.75, 3.05) is 32.7 Å². The van der Waals surface area contributed by atoms with Crippen molar-refractivity contribution in [1.29, 1.82) is 0 Å². The van der Waals surface area contributed by atoms with Crippen LogP contribution in [-0.4, -0.2) is 96.5 Å². The van der Waals surface area contributed by atoms with E-state index in [1.54, 1.807) is 0 Å². The number of carbonyl (C=O) groups is 2. The highest BCUT2D eigenvalue weighted by Crippen LogP contribution is 2.40. The fourth-order valence-corrected chi connectivity index (χ4v) is 5.17. The van der Waals surface area contributed by atoms with Crippen LogP contribution >= 0.6 is 0 Å². The van der Waals surface area contributed by atoms with Gasteiger partial charge in [-0.2, -0.15) is 13.3 Å². The number of fused-ring (bicyclic) bond motifs is 3. The van der Waals surface area contributed by atoms with E-state index >= 15 is 0 Å². The molecule has 5 atom stereocenters. The van der Waals surface area contributed by atoms with Crippen molar-refractivity contribution in [3.05, 3.63) is 0 Å². The molecule has 0 spiro atoms. The molecule has 4 fully saturated rings. The Labute approximate surface area is 156 Å². The lowest BCUT2D eigenvalue weighted by Crippen LogP contribution is -2.65. The number of primary amides is 1. The van der Waals surface area contributed by atoms with Crippen molar-refractivity contribution in [3.8, 4) is 0 Å². The minimum Gasteiger partial charge on any atom is -0.364 e. The fourth-order valence-electron chi connectivity index (χ4n) is 4.78. The summed E-state index contributed by atoms with van der Waals surface area (Å²) in [4.78, 5) is 33.7. The molecule has 0 saturated carbocycles. The Hall–Kier alpha value is -1.35. The summed E-state index contributed by atoms with van der Waals surface area (Å²) in [7, 11) is -4.88. The first kappa shape index (κ1) is 19.0. The summed E-state index contributed by atoms with van der Waals surface area (Å²) in [5.74, 6) is -0.688. The summed E-state index contributed by atoms with van der Waals surface area (Å²) in [6, 6.07) is -2.34. The van der Waals surface area contributed by atoms with E-state index in [0.29, 0.717) is 24.4 Å². The molecule has 0 radical (unpaired) electrons. The number of carbonyl (C=O) groups excluding carboxylic acids is 2. The zero-order chi connectivity index (χ0) is 19.4. The molecule has 12 nitrogen and oxygen atoms in total. The average molecular weight is 406 g/mol. The van der Waals surface area contributed by atoms with Crippen molar-refractivity contribution in [2.45, 2.75) is 43.5 Å². The van der Waals surface area contributed by atoms with Crippen molar-refractivity contribution >= 4 is 22.3 Å². The number of hydroxylamine groups is 5. The molecule has 4 heterocycles. The minimum absolute atomic E-state index is 0.0403. The number of nitrogens with one attached hydrogen (secondary N) is 1. The van der Waals surface area contributed by atoms with Crippen molar-refractivity contribution in [2.24, 2.45) is 5.73 Å². The van der Waals surface area contributed by atoms with E-state index in [1.807, 2.05) is 0 Å². The van der Waals surface area contributed by atoms with Gasteiger partial charge in [0, 0.05) is 32.6 Å². The van der Waals surface area contributed by atoms with E-state index in [1.165, 1.54) is 0 Å². The molecule has 27 heavy (non-hydrogen) atoms. The van der Waals surface area contributed by atoms with Gasteiger partial charge in [0.25, 0.3) is 5.91 Å². The van der Waals surface area contributed by atoms with Crippen LogP contribution in [0.5, 0.6) is 0 Å². The normalized spacial score (nSPS) is 39.6. The molecule has 0 aromatic heterocycles. The summed E-state index contributed by atoms with van der Waals surface area (Å²) >= 11 is 0. The zero-order valence-electron chi connectivity index (χ0n) is 14.7. The number of rotatable bonds is 5. The third-order valence-electron chi connectivity index (χ3n) is 5.96. The van der Waals surface area contributed by atoms with Crippen LogP contribution in [0.15, 0.2) is 0 Å². The predicted molar refractivity (Wildman–Crippen MR) is 88.7 cm³/mol. The second-order valence-electron chi connectivity index (χ2n) is 7.48. The molecule has 0 aromatic carbocycles. The summed E-state index contributed by atoms with van der Waals surface area (Å²) in [5.41, 5.74) is 5.54. The van der Waals surface area contributed by atoms with Gasteiger partial charge in [-0.1, -0.05) is 4.65 Å². The number of piperazine rings is 1. The van der Waals surface area contributed by atoms with Crippen LogP contribution in [-0.2, 0) is 24.3 Å². The van der Waals surface area contributed by atoms with Gasteiger partial charge in [0.15, 0.2) is 0 Å².